The Hall–Kier alpha value is -2.62. The lowest BCUT2D eigenvalue weighted by Gasteiger charge is -2.05. The highest BCUT2D eigenvalue weighted by Gasteiger charge is 2.14. The molecular weight excluding hydrogens is 268 g/mol. The lowest BCUT2D eigenvalue weighted by atomic mass is 10.0. The van der Waals surface area contributed by atoms with Crippen LogP contribution in [0.15, 0.2) is 48.0 Å². The van der Waals surface area contributed by atoms with Gasteiger partial charge in [0, 0.05) is 5.57 Å². The molecule has 0 aliphatic rings. The third-order valence-corrected chi connectivity index (χ3v) is 3.07. The first-order valence-electron chi connectivity index (χ1n) is 6.69. The van der Waals surface area contributed by atoms with Gasteiger partial charge in [0.2, 0.25) is 0 Å². The number of benzene rings is 2. The monoisotopic (exact) mass is 284 g/mol. The molecule has 0 saturated carbocycles. The second-order valence-corrected chi connectivity index (χ2v) is 4.52. The van der Waals surface area contributed by atoms with Gasteiger partial charge in [0.1, 0.15) is 0 Å². The minimum absolute atomic E-state index is 0.0183. The van der Waals surface area contributed by atoms with Gasteiger partial charge in [-0.05, 0) is 29.3 Å². The largest absolute Gasteiger partial charge is 0.478 e. The second kappa shape index (κ2) is 6.70. The number of hydrogen-bond donors (Lipinski definition) is 1. The summed E-state index contributed by atoms with van der Waals surface area (Å²) in [6.45, 7) is 1.92. The zero-order chi connectivity index (χ0) is 15.2. The van der Waals surface area contributed by atoms with Crippen molar-refractivity contribution in [2.45, 2.75) is 13.3 Å². The van der Waals surface area contributed by atoms with Crippen molar-refractivity contribution in [2.75, 3.05) is 6.61 Å². The maximum absolute atomic E-state index is 11.5. The van der Waals surface area contributed by atoms with E-state index in [2.05, 4.69) is 0 Å². The van der Waals surface area contributed by atoms with Crippen LogP contribution < -0.4 is 0 Å². The Labute approximate surface area is 122 Å². The number of ether oxygens (including phenoxy) is 1. The molecule has 0 aliphatic carbocycles. The third-order valence-electron chi connectivity index (χ3n) is 3.07. The Morgan fingerprint density at radius 2 is 1.86 bits per heavy atom. The second-order valence-electron chi connectivity index (χ2n) is 4.52. The first-order valence-corrected chi connectivity index (χ1v) is 6.69. The first kappa shape index (κ1) is 14.8. The fraction of sp³-hybridized carbons (Fsp3) is 0.176. The number of fused-ring (bicyclic) bond motifs is 1. The fourth-order valence-electron chi connectivity index (χ4n) is 2.12. The normalized spacial score (nSPS) is 11.4. The fourth-order valence-corrected chi connectivity index (χ4v) is 2.12. The molecule has 1 N–H and O–H groups in total. The molecule has 2 aromatic rings. The Morgan fingerprint density at radius 1 is 1.14 bits per heavy atom. The van der Waals surface area contributed by atoms with Crippen molar-refractivity contribution in [3.63, 3.8) is 0 Å². The third kappa shape index (κ3) is 3.69. The summed E-state index contributed by atoms with van der Waals surface area (Å²) >= 11 is 0. The maximum Gasteiger partial charge on any atom is 0.332 e. The summed E-state index contributed by atoms with van der Waals surface area (Å²) in [5, 5.41) is 11.2. The van der Waals surface area contributed by atoms with Gasteiger partial charge < -0.3 is 9.84 Å². The SMILES string of the molecule is CCOC(=O)CC(=Cc1cccc2ccccc12)C(=O)O. The lowest BCUT2D eigenvalue weighted by Crippen LogP contribution is -2.10. The number of esters is 1. The summed E-state index contributed by atoms with van der Waals surface area (Å²) in [5.41, 5.74) is 0.791. The molecule has 0 saturated heterocycles. The summed E-state index contributed by atoms with van der Waals surface area (Å²) < 4.78 is 4.80. The van der Waals surface area contributed by atoms with E-state index in [0.29, 0.717) is 0 Å². The van der Waals surface area contributed by atoms with Gasteiger partial charge in [0.25, 0.3) is 0 Å². The van der Waals surface area contributed by atoms with Gasteiger partial charge in [-0.3, -0.25) is 4.79 Å². The van der Waals surface area contributed by atoms with Crippen LogP contribution >= 0.6 is 0 Å². The molecule has 0 radical (unpaired) electrons. The molecule has 0 aromatic heterocycles. The topological polar surface area (TPSA) is 63.6 Å². The van der Waals surface area contributed by atoms with Crippen molar-refractivity contribution in [1.82, 2.24) is 0 Å². The van der Waals surface area contributed by atoms with Gasteiger partial charge in [0.05, 0.1) is 13.0 Å². The van der Waals surface area contributed by atoms with E-state index in [0.717, 1.165) is 16.3 Å². The molecule has 4 nitrogen and oxygen atoms in total. The Kier molecular flexibility index (Phi) is 4.72. The van der Waals surface area contributed by atoms with Crippen LogP contribution in [0.1, 0.15) is 18.9 Å². The highest BCUT2D eigenvalue weighted by Crippen LogP contribution is 2.21. The number of rotatable bonds is 5. The smallest absolute Gasteiger partial charge is 0.332 e. The van der Waals surface area contributed by atoms with E-state index in [1.807, 2.05) is 42.5 Å². The molecule has 108 valence electrons. The predicted octanol–water partition coefficient (Wildman–Crippen LogP) is 3.26. The van der Waals surface area contributed by atoms with Crippen LogP contribution in [0.4, 0.5) is 0 Å². The number of carboxylic acid groups (broad SMARTS) is 1. The number of carbonyl (C=O) groups is 2. The van der Waals surface area contributed by atoms with Crippen LogP contribution in [0.3, 0.4) is 0 Å². The molecule has 0 spiro atoms. The van der Waals surface area contributed by atoms with Gasteiger partial charge in [-0.1, -0.05) is 42.5 Å². The van der Waals surface area contributed by atoms with Crippen LogP contribution in [0, 0.1) is 0 Å². The molecule has 0 aliphatic heterocycles. The summed E-state index contributed by atoms with van der Waals surface area (Å²) in [4.78, 5) is 22.8. The van der Waals surface area contributed by atoms with Crippen molar-refractivity contribution >= 4 is 28.8 Å². The first-order chi connectivity index (χ1) is 10.1. The molecule has 0 fully saturated rings. The molecule has 0 atom stereocenters. The van der Waals surface area contributed by atoms with E-state index in [9.17, 15) is 14.7 Å². The maximum atomic E-state index is 11.5. The van der Waals surface area contributed by atoms with Crippen LogP contribution in [0.25, 0.3) is 16.8 Å². The van der Waals surface area contributed by atoms with Crippen LogP contribution in [-0.4, -0.2) is 23.7 Å². The van der Waals surface area contributed by atoms with Crippen molar-refractivity contribution in [3.8, 4) is 0 Å². The summed E-state index contributed by atoms with van der Waals surface area (Å²) in [6, 6.07) is 13.3. The molecule has 21 heavy (non-hydrogen) atoms. The number of aliphatic carboxylic acids is 1. The molecule has 0 bridgehead atoms. The van der Waals surface area contributed by atoms with Gasteiger partial charge >= 0.3 is 11.9 Å². The van der Waals surface area contributed by atoms with Crippen molar-refractivity contribution in [2.24, 2.45) is 0 Å². The van der Waals surface area contributed by atoms with E-state index in [1.165, 1.54) is 6.08 Å². The van der Waals surface area contributed by atoms with E-state index in [-0.39, 0.29) is 18.6 Å². The zero-order valence-corrected chi connectivity index (χ0v) is 11.7. The van der Waals surface area contributed by atoms with Crippen LogP contribution in [0.5, 0.6) is 0 Å². The molecule has 0 unspecified atom stereocenters. The highest BCUT2D eigenvalue weighted by molar-refractivity contribution is 6.00. The van der Waals surface area contributed by atoms with Crippen LogP contribution in [-0.2, 0) is 14.3 Å². The summed E-state index contributed by atoms with van der Waals surface area (Å²) in [5.74, 6) is -1.65. The van der Waals surface area contributed by atoms with Gasteiger partial charge in [-0.25, -0.2) is 4.79 Å². The lowest BCUT2D eigenvalue weighted by molar-refractivity contribution is -0.144. The van der Waals surface area contributed by atoms with Crippen molar-refractivity contribution in [3.05, 3.63) is 53.6 Å². The number of hydrogen-bond acceptors (Lipinski definition) is 3. The predicted molar refractivity (Wildman–Crippen MR) is 80.8 cm³/mol. The molecule has 0 amide bonds. The van der Waals surface area contributed by atoms with Crippen molar-refractivity contribution < 1.29 is 19.4 Å². The molecular formula is C17H16O4. The van der Waals surface area contributed by atoms with Gasteiger partial charge in [0.15, 0.2) is 0 Å². The van der Waals surface area contributed by atoms with Crippen molar-refractivity contribution in [1.29, 1.82) is 0 Å². The van der Waals surface area contributed by atoms with Crippen LogP contribution in [0.2, 0.25) is 0 Å². The van der Waals surface area contributed by atoms with Gasteiger partial charge in [-0.2, -0.15) is 0 Å². The molecule has 2 rings (SSSR count). The van der Waals surface area contributed by atoms with E-state index < -0.39 is 11.9 Å². The molecule has 2 aromatic carbocycles. The number of carbonyl (C=O) groups excluding carboxylic acids is 1. The van der Waals surface area contributed by atoms with E-state index >= 15 is 0 Å². The zero-order valence-electron chi connectivity index (χ0n) is 11.7. The molecule has 0 heterocycles. The van der Waals surface area contributed by atoms with E-state index in [4.69, 9.17) is 4.74 Å². The quantitative estimate of drug-likeness (QED) is 0.676. The van der Waals surface area contributed by atoms with E-state index in [1.54, 1.807) is 6.92 Å². The average molecular weight is 284 g/mol. The minimum atomic E-state index is -1.11. The average Bonchev–Trinajstić information content (AvgIpc) is 2.47. The summed E-state index contributed by atoms with van der Waals surface area (Å²) in [7, 11) is 0. The Bertz CT molecular complexity index is 696. The molecule has 4 heteroatoms. The summed E-state index contributed by atoms with van der Waals surface area (Å²) in [6.07, 6.45) is 1.29. The highest BCUT2D eigenvalue weighted by atomic mass is 16.5. The Balaban J connectivity index is 2.41. The van der Waals surface area contributed by atoms with Gasteiger partial charge in [-0.15, -0.1) is 0 Å². The Morgan fingerprint density at radius 3 is 2.57 bits per heavy atom. The number of carboxylic acids is 1. The minimum Gasteiger partial charge on any atom is -0.478 e. The standard InChI is InChI=1S/C17H16O4/c1-2-21-16(18)11-14(17(19)20)10-13-8-5-7-12-6-3-4-9-15(12)13/h3-10H,2,11H2,1H3,(H,19,20).